The van der Waals surface area contributed by atoms with Gasteiger partial charge in [-0.2, -0.15) is 5.26 Å². The maximum atomic E-state index is 9.45. The molecule has 98 valence electrons. The first-order valence-corrected chi connectivity index (χ1v) is 6.39. The van der Waals surface area contributed by atoms with Crippen molar-refractivity contribution in [3.63, 3.8) is 0 Å². The van der Waals surface area contributed by atoms with Gasteiger partial charge in [-0.1, -0.05) is 19.9 Å². The Bertz CT molecular complexity index is 591. The minimum absolute atomic E-state index is 0.524. The van der Waals surface area contributed by atoms with E-state index in [9.17, 15) is 5.26 Å². The number of nitriles is 1. The molecule has 0 saturated heterocycles. The topological polar surface area (TPSA) is 53.6 Å². The van der Waals surface area contributed by atoms with E-state index in [2.05, 4.69) is 30.2 Å². The molecule has 0 aliphatic rings. The molecule has 0 aliphatic carbocycles. The fourth-order valence-electron chi connectivity index (χ4n) is 2.24. The van der Waals surface area contributed by atoms with Gasteiger partial charge in [-0.25, -0.2) is 4.98 Å². The maximum absolute atomic E-state index is 9.45. The van der Waals surface area contributed by atoms with E-state index in [0.29, 0.717) is 5.92 Å². The first kappa shape index (κ1) is 13.2. The Kier molecular flexibility index (Phi) is 3.86. The molecule has 4 nitrogen and oxygen atoms in total. The van der Waals surface area contributed by atoms with Gasteiger partial charge in [0, 0.05) is 19.4 Å². The van der Waals surface area contributed by atoms with Crippen molar-refractivity contribution in [2.45, 2.75) is 20.3 Å². The van der Waals surface area contributed by atoms with Crippen molar-refractivity contribution in [2.24, 2.45) is 5.92 Å². The highest BCUT2D eigenvalue weighted by Gasteiger charge is 2.14. The molecule has 4 heteroatoms. The van der Waals surface area contributed by atoms with E-state index in [4.69, 9.17) is 0 Å². The Labute approximate surface area is 113 Å². The predicted molar refractivity (Wildman–Crippen MR) is 76.4 cm³/mol. The van der Waals surface area contributed by atoms with Crippen molar-refractivity contribution < 1.29 is 0 Å². The number of nitrogens with one attached hydrogen (secondary N) is 1. The summed E-state index contributed by atoms with van der Waals surface area (Å²) >= 11 is 0. The van der Waals surface area contributed by atoms with Gasteiger partial charge in [0.1, 0.15) is 6.07 Å². The molecule has 1 N–H and O–H groups in total. The summed E-state index contributed by atoms with van der Waals surface area (Å²) in [7, 11) is 1.84. The summed E-state index contributed by atoms with van der Waals surface area (Å²) in [5.41, 5.74) is 3.62. The van der Waals surface area contributed by atoms with Crippen LogP contribution in [-0.2, 0) is 6.42 Å². The Hall–Kier alpha value is -2.28. The molecule has 19 heavy (non-hydrogen) atoms. The lowest BCUT2D eigenvalue weighted by Crippen LogP contribution is -2.05. The van der Waals surface area contributed by atoms with E-state index in [-0.39, 0.29) is 0 Å². The molecular formula is C15H18N4. The van der Waals surface area contributed by atoms with Crippen LogP contribution < -0.4 is 5.32 Å². The molecule has 2 aromatic rings. The molecule has 0 unspecified atom stereocenters. The summed E-state index contributed by atoms with van der Waals surface area (Å²) in [6.45, 7) is 4.31. The van der Waals surface area contributed by atoms with Crippen LogP contribution in [0.5, 0.6) is 0 Å². The average molecular weight is 254 g/mol. The molecule has 0 atom stereocenters. The molecule has 0 amide bonds. The van der Waals surface area contributed by atoms with E-state index in [0.717, 1.165) is 28.9 Å². The molecule has 1 aromatic carbocycles. The number of hydrogen-bond donors (Lipinski definition) is 1. The van der Waals surface area contributed by atoms with Crippen LogP contribution in [0, 0.1) is 17.2 Å². The average Bonchev–Trinajstić information content (AvgIpc) is 2.91. The third-order valence-corrected chi connectivity index (χ3v) is 3.04. The monoisotopic (exact) mass is 254 g/mol. The second kappa shape index (κ2) is 5.57. The second-order valence-electron chi connectivity index (χ2n) is 4.92. The third-order valence-electron chi connectivity index (χ3n) is 3.04. The van der Waals surface area contributed by atoms with E-state index >= 15 is 0 Å². The Morgan fingerprint density at radius 1 is 1.42 bits per heavy atom. The van der Waals surface area contributed by atoms with Gasteiger partial charge in [0.2, 0.25) is 0 Å². The summed E-state index contributed by atoms with van der Waals surface area (Å²) in [5, 5.41) is 12.6. The Morgan fingerprint density at radius 2 is 2.21 bits per heavy atom. The van der Waals surface area contributed by atoms with Gasteiger partial charge in [-0.05, 0) is 24.0 Å². The lowest BCUT2D eigenvalue weighted by atomic mass is 9.96. The first-order valence-electron chi connectivity index (χ1n) is 6.39. The van der Waals surface area contributed by atoms with E-state index < -0.39 is 0 Å². The zero-order valence-electron chi connectivity index (χ0n) is 11.5. The quantitative estimate of drug-likeness (QED) is 0.912. The SMILES string of the molecule is CNc1c(-n2ccnc2)ccc(CC(C)C)c1C#N. The summed E-state index contributed by atoms with van der Waals surface area (Å²) < 4.78 is 1.91. The fourth-order valence-corrected chi connectivity index (χ4v) is 2.24. The molecular weight excluding hydrogens is 236 g/mol. The van der Waals surface area contributed by atoms with Crippen LogP contribution in [-0.4, -0.2) is 16.6 Å². The van der Waals surface area contributed by atoms with Crippen LogP contribution in [0.2, 0.25) is 0 Å². The van der Waals surface area contributed by atoms with Crippen LogP contribution in [0.4, 0.5) is 5.69 Å². The summed E-state index contributed by atoms with van der Waals surface area (Å²) in [5.74, 6) is 0.524. The number of anilines is 1. The van der Waals surface area contributed by atoms with Crippen molar-refractivity contribution in [2.75, 3.05) is 12.4 Å². The normalized spacial score (nSPS) is 10.5. The lowest BCUT2D eigenvalue weighted by molar-refractivity contribution is 0.646. The van der Waals surface area contributed by atoms with Crippen LogP contribution >= 0.6 is 0 Å². The largest absolute Gasteiger partial charge is 0.385 e. The summed E-state index contributed by atoms with van der Waals surface area (Å²) in [4.78, 5) is 4.05. The van der Waals surface area contributed by atoms with E-state index in [1.54, 1.807) is 12.5 Å². The number of benzene rings is 1. The van der Waals surface area contributed by atoms with Gasteiger partial charge in [-0.15, -0.1) is 0 Å². The van der Waals surface area contributed by atoms with Gasteiger partial charge in [0.05, 0.1) is 23.3 Å². The van der Waals surface area contributed by atoms with Crippen molar-refractivity contribution in [3.8, 4) is 11.8 Å². The number of nitrogens with zero attached hydrogens (tertiary/aromatic N) is 3. The van der Waals surface area contributed by atoms with Crippen LogP contribution in [0.1, 0.15) is 25.0 Å². The molecule has 0 spiro atoms. The Balaban J connectivity index is 2.57. The van der Waals surface area contributed by atoms with Crippen LogP contribution in [0.25, 0.3) is 5.69 Å². The number of hydrogen-bond acceptors (Lipinski definition) is 3. The molecule has 0 saturated carbocycles. The number of rotatable bonds is 4. The molecule has 1 heterocycles. The van der Waals surface area contributed by atoms with Crippen LogP contribution in [0.3, 0.4) is 0 Å². The Morgan fingerprint density at radius 3 is 2.74 bits per heavy atom. The number of imidazole rings is 1. The minimum Gasteiger partial charge on any atom is -0.385 e. The molecule has 0 aliphatic heterocycles. The molecule has 2 rings (SSSR count). The van der Waals surface area contributed by atoms with E-state index in [1.807, 2.05) is 29.9 Å². The fraction of sp³-hybridized carbons (Fsp3) is 0.333. The standard InChI is InChI=1S/C15H18N4/c1-11(2)8-12-4-5-14(19-7-6-18-10-19)15(17-3)13(12)9-16/h4-7,10-11,17H,8H2,1-3H3. The van der Waals surface area contributed by atoms with Crippen molar-refractivity contribution in [1.29, 1.82) is 5.26 Å². The van der Waals surface area contributed by atoms with E-state index in [1.165, 1.54) is 0 Å². The summed E-state index contributed by atoms with van der Waals surface area (Å²) in [6.07, 6.45) is 6.24. The molecule has 0 radical (unpaired) electrons. The predicted octanol–water partition coefficient (Wildman–Crippen LogP) is 2.98. The highest BCUT2D eigenvalue weighted by atomic mass is 15.0. The van der Waals surface area contributed by atoms with Crippen molar-refractivity contribution in [3.05, 3.63) is 42.0 Å². The lowest BCUT2D eigenvalue weighted by Gasteiger charge is -2.16. The van der Waals surface area contributed by atoms with Gasteiger partial charge in [0.25, 0.3) is 0 Å². The molecule has 1 aromatic heterocycles. The molecule has 0 bridgehead atoms. The van der Waals surface area contributed by atoms with Crippen LogP contribution in [0.15, 0.2) is 30.9 Å². The number of aromatic nitrogens is 2. The van der Waals surface area contributed by atoms with Gasteiger partial charge >= 0.3 is 0 Å². The van der Waals surface area contributed by atoms with Crippen molar-refractivity contribution >= 4 is 5.69 Å². The maximum Gasteiger partial charge on any atom is 0.102 e. The van der Waals surface area contributed by atoms with Gasteiger partial charge < -0.3 is 9.88 Å². The van der Waals surface area contributed by atoms with Crippen molar-refractivity contribution in [1.82, 2.24) is 9.55 Å². The smallest absolute Gasteiger partial charge is 0.102 e. The summed E-state index contributed by atoms with van der Waals surface area (Å²) in [6, 6.07) is 6.40. The second-order valence-corrected chi connectivity index (χ2v) is 4.92. The highest BCUT2D eigenvalue weighted by Crippen LogP contribution is 2.28. The zero-order valence-corrected chi connectivity index (χ0v) is 11.5. The zero-order chi connectivity index (χ0) is 13.8. The van der Waals surface area contributed by atoms with Gasteiger partial charge in [0.15, 0.2) is 0 Å². The highest BCUT2D eigenvalue weighted by molar-refractivity contribution is 5.71. The minimum atomic E-state index is 0.524. The third kappa shape index (κ3) is 2.60. The first-order chi connectivity index (χ1) is 9.17. The molecule has 0 fully saturated rings. The van der Waals surface area contributed by atoms with Gasteiger partial charge in [-0.3, -0.25) is 0 Å².